The van der Waals surface area contributed by atoms with Gasteiger partial charge in [0, 0.05) is 5.41 Å². The van der Waals surface area contributed by atoms with Crippen molar-refractivity contribution >= 4 is 57.7 Å². The molecule has 0 aromatic heterocycles. The first kappa shape index (κ1) is 25.2. The molecule has 26 heavy (non-hydrogen) atoms. The third kappa shape index (κ3) is 9.23. The number of thiocarbonyl (C=S) groups is 1. The van der Waals surface area contributed by atoms with Gasteiger partial charge in [-0.05, 0) is 31.9 Å². The van der Waals surface area contributed by atoms with Gasteiger partial charge in [0.15, 0.2) is 0 Å². The van der Waals surface area contributed by atoms with E-state index in [0.29, 0.717) is 16.4 Å². The molecule has 0 aromatic rings. The minimum absolute atomic E-state index is 0.0665. The van der Waals surface area contributed by atoms with Crippen molar-refractivity contribution in [1.29, 1.82) is 0 Å². The molecule has 2 unspecified atom stereocenters. The summed E-state index contributed by atoms with van der Waals surface area (Å²) in [6, 6.07) is 0. The van der Waals surface area contributed by atoms with E-state index in [1.54, 1.807) is 6.92 Å². The highest BCUT2D eigenvalue weighted by molar-refractivity contribution is 8.47. The van der Waals surface area contributed by atoms with Gasteiger partial charge in [0.2, 0.25) is 0 Å². The second-order valence-corrected chi connectivity index (χ2v) is 10.5. The average Bonchev–Trinajstić information content (AvgIpc) is 2.56. The van der Waals surface area contributed by atoms with Crippen LogP contribution in [0.5, 0.6) is 0 Å². The summed E-state index contributed by atoms with van der Waals surface area (Å²) in [7, 11) is 1.28. The largest absolute Gasteiger partial charge is 0.480 e. The van der Waals surface area contributed by atoms with E-state index in [2.05, 4.69) is 0 Å². The fraction of sp³-hybridized carbons (Fsp3) is 0.765. The van der Waals surface area contributed by atoms with Crippen molar-refractivity contribution in [2.75, 3.05) is 19.5 Å². The first-order valence-electron chi connectivity index (χ1n) is 8.21. The summed E-state index contributed by atoms with van der Waals surface area (Å²) in [5.74, 6) is -0.690. The Hall–Kier alpha value is -0.800. The SMILES string of the molecule is CCCSC(=S)SC(CC(C)(CC(C)(C)COC=O)C(=O)OC)C(=O)O. The van der Waals surface area contributed by atoms with Gasteiger partial charge in [-0.3, -0.25) is 14.4 Å². The van der Waals surface area contributed by atoms with Crippen LogP contribution in [-0.2, 0) is 23.9 Å². The Morgan fingerprint density at radius 3 is 2.38 bits per heavy atom. The molecule has 0 amide bonds. The molecule has 0 aliphatic carbocycles. The number of aliphatic carboxylic acids is 1. The number of hydrogen-bond acceptors (Lipinski definition) is 8. The van der Waals surface area contributed by atoms with Crippen LogP contribution in [0.25, 0.3) is 0 Å². The Labute approximate surface area is 169 Å². The summed E-state index contributed by atoms with van der Waals surface area (Å²) in [5.41, 5.74) is -1.57. The summed E-state index contributed by atoms with van der Waals surface area (Å²) >= 11 is 7.79. The van der Waals surface area contributed by atoms with E-state index >= 15 is 0 Å². The molecule has 9 heteroatoms. The maximum Gasteiger partial charge on any atom is 0.317 e. The van der Waals surface area contributed by atoms with Crippen LogP contribution < -0.4 is 0 Å². The van der Waals surface area contributed by atoms with Gasteiger partial charge >= 0.3 is 11.9 Å². The van der Waals surface area contributed by atoms with Gasteiger partial charge in [-0.2, -0.15) is 0 Å². The monoisotopic (exact) mass is 424 g/mol. The third-order valence-corrected chi connectivity index (χ3v) is 6.64. The lowest BCUT2D eigenvalue weighted by molar-refractivity contribution is -0.155. The zero-order chi connectivity index (χ0) is 20.4. The molecule has 0 aromatic carbocycles. The van der Waals surface area contributed by atoms with E-state index in [4.69, 9.17) is 21.7 Å². The molecule has 0 saturated heterocycles. The average molecular weight is 425 g/mol. The number of hydrogen-bond donors (Lipinski definition) is 1. The summed E-state index contributed by atoms with van der Waals surface area (Å²) in [6.45, 7) is 7.88. The number of ether oxygens (including phenoxy) is 2. The molecule has 0 heterocycles. The molecule has 0 fully saturated rings. The topological polar surface area (TPSA) is 89.9 Å². The van der Waals surface area contributed by atoms with Crippen molar-refractivity contribution in [3.63, 3.8) is 0 Å². The lowest BCUT2D eigenvalue weighted by Gasteiger charge is -2.36. The Morgan fingerprint density at radius 1 is 1.31 bits per heavy atom. The van der Waals surface area contributed by atoms with E-state index in [-0.39, 0.29) is 13.0 Å². The zero-order valence-electron chi connectivity index (χ0n) is 15.9. The van der Waals surface area contributed by atoms with Crippen LogP contribution in [0, 0.1) is 10.8 Å². The number of carboxylic acids is 1. The standard InChI is InChI=1S/C17H28O6S3/c1-6-7-25-15(24)26-12(13(19)20)8-17(4,14(21)22-5)9-16(2,3)10-23-11-18/h11-12H,6-10H2,1-5H3,(H,19,20). The number of methoxy groups -OCH3 is 1. The third-order valence-electron chi connectivity index (χ3n) is 3.66. The van der Waals surface area contributed by atoms with Crippen LogP contribution in [0.1, 0.15) is 47.0 Å². The van der Waals surface area contributed by atoms with Crippen molar-refractivity contribution in [3.8, 4) is 0 Å². The highest BCUT2D eigenvalue weighted by Crippen LogP contribution is 2.41. The first-order chi connectivity index (χ1) is 12.0. The van der Waals surface area contributed by atoms with E-state index in [1.165, 1.54) is 18.9 Å². The fourth-order valence-electron chi connectivity index (χ4n) is 2.77. The van der Waals surface area contributed by atoms with Crippen LogP contribution in [0.2, 0.25) is 0 Å². The van der Waals surface area contributed by atoms with Gasteiger partial charge in [-0.15, -0.1) is 11.8 Å². The van der Waals surface area contributed by atoms with E-state index in [0.717, 1.165) is 23.9 Å². The van der Waals surface area contributed by atoms with E-state index in [1.807, 2.05) is 20.8 Å². The summed E-state index contributed by atoms with van der Waals surface area (Å²) in [5, 5.41) is 8.73. The fourth-order valence-corrected chi connectivity index (χ4v) is 5.39. The maximum absolute atomic E-state index is 12.4. The lowest BCUT2D eigenvalue weighted by Crippen LogP contribution is -2.40. The summed E-state index contributed by atoms with van der Waals surface area (Å²) in [4.78, 5) is 34.6. The van der Waals surface area contributed by atoms with Crippen molar-refractivity contribution in [1.82, 2.24) is 0 Å². The van der Waals surface area contributed by atoms with Gasteiger partial charge in [0.1, 0.15) is 8.78 Å². The Morgan fingerprint density at radius 2 is 1.92 bits per heavy atom. The number of carboxylic acid groups (broad SMARTS) is 1. The number of rotatable bonds is 12. The first-order valence-corrected chi connectivity index (χ1v) is 10.5. The van der Waals surface area contributed by atoms with Crippen molar-refractivity contribution in [2.24, 2.45) is 10.8 Å². The predicted molar refractivity (Wildman–Crippen MR) is 110 cm³/mol. The highest BCUT2D eigenvalue weighted by Gasteiger charge is 2.43. The minimum Gasteiger partial charge on any atom is -0.480 e. The molecular formula is C17H28O6S3. The molecular weight excluding hydrogens is 396 g/mol. The van der Waals surface area contributed by atoms with Gasteiger partial charge in [0.05, 0.1) is 19.1 Å². The molecule has 0 aliphatic heterocycles. The van der Waals surface area contributed by atoms with Crippen molar-refractivity contribution < 1.29 is 29.0 Å². The Balaban J connectivity index is 5.35. The van der Waals surface area contributed by atoms with Crippen LogP contribution >= 0.6 is 35.7 Å². The van der Waals surface area contributed by atoms with Gasteiger partial charge in [-0.1, -0.05) is 44.8 Å². The zero-order valence-corrected chi connectivity index (χ0v) is 18.4. The van der Waals surface area contributed by atoms with Crippen molar-refractivity contribution in [2.45, 2.75) is 52.2 Å². The summed E-state index contributed by atoms with van der Waals surface area (Å²) in [6.07, 6.45) is 1.31. The number of carbonyl (C=O) groups excluding carboxylic acids is 2. The minimum atomic E-state index is -1.05. The Kier molecular flexibility index (Phi) is 11.5. The smallest absolute Gasteiger partial charge is 0.317 e. The maximum atomic E-state index is 12.4. The number of thioether (sulfide) groups is 2. The van der Waals surface area contributed by atoms with Gasteiger partial charge in [0.25, 0.3) is 6.47 Å². The highest BCUT2D eigenvalue weighted by atomic mass is 32.2. The predicted octanol–water partition coefficient (Wildman–Crippen LogP) is 3.76. The molecule has 1 N–H and O–H groups in total. The molecule has 0 spiro atoms. The van der Waals surface area contributed by atoms with Crippen LogP contribution in [0.3, 0.4) is 0 Å². The second kappa shape index (κ2) is 11.8. The lowest BCUT2D eigenvalue weighted by atomic mass is 9.71. The number of esters is 1. The molecule has 6 nitrogen and oxygen atoms in total. The molecule has 0 radical (unpaired) electrons. The van der Waals surface area contributed by atoms with E-state index in [9.17, 15) is 19.5 Å². The summed E-state index contributed by atoms with van der Waals surface area (Å²) < 4.78 is 10.3. The molecule has 0 aliphatic rings. The normalized spacial score (nSPS) is 14.8. The number of carbonyl (C=O) groups is 3. The molecule has 2 atom stereocenters. The quantitative estimate of drug-likeness (QED) is 0.286. The van der Waals surface area contributed by atoms with E-state index < -0.39 is 28.0 Å². The van der Waals surface area contributed by atoms with Crippen molar-refractivity contribution in [3.05, 3.63) is 0 Å². The molecule has 0 bridgehead atoms. The van der Waals surface area contributed by atoms with Crippen LogP contribution in [0.15, 0.2) is 0 Å². The molecule has 150 valence electrons. The van der Waals surface area contributed by atoms with Gasteiger partial charge in [-0.25, -0.2) is 0 Å². The second-order valence-electron chi connectivity index (χ2n) is 7.05. The van der Waals surface area contributed by atoms with Crippen LogP contribution in [0.4, 0.5) is 0 Å². The Bertz CT molecular complexity index is 509. The van der Waals surface area contributed by atoms with Gasteiger partial charge < -0.3 is 14.6 Å². The molecule has 0 rings (SSSR count). The van der Waals surface area contributed by atoms with Crippen LogP contribution in [-0.4, -0.2) is 51.8 Å². The molecule has 0 saturated carbocycles.